The smallest absolute Gasteiger partial charge is 0.416 e. The second kappa shape index (κ2) is 8.05. The van der Waals surface area contributed by atoms with Crippen molar-refractivity contribution in [2.24, 2.45) is 0 Å². The van der Waals surface area contributed by atoms with Crippen LogP contribution in [0.5, 0.6) is 0 Å². The summed E-state index contributed by atoms with van der Waals surface area (Å²) in [6.45, 7) is 1.74. The molecule has 0 radical (unpaired) electrons. The van der Waals surface area contributed by atoms with Crippen molar-refractivity contribution in [3.8, 4) is 5.69 Å². The highest BCUT2D eigenvalue weighted by molar-refractivity contribution is 6.01. The van der Waals surface area contributed by atoms with Crippen molar-refractivity contribution in [1.82, 2.24) is 20.6 Å². The summed E-state index contributed by atoms with van der Waals surface area (Å²) in [5, 5.41) is 4.97. The second-order valence-electron chi connectivity index (χ2n) is 8.14. The van der Waals surface area contributed by atoms with Crippen LogP contribution in [0, 0.1) is 6.92 Å². The molecule has 1 aliphatic carbocycles. The molecule has 2 aromatic carbocycles. The first-order valence-electron chi connectivity index (χ1n) is 10.6. The number of hydrazine groups is 1. The molecule has 0 unspecified atom stereocenters. The lowest BCUT2D eigenvalue weighted by Crippen LogP contribution is -2.42. The largest absolute Gasteiger partial charge is 0.451 e. The zero-order valence-corrected chi connectivity index (χ0v) is 17.9. The Bertz CT molecular complexity index is 1420. The van der Waals surface area contributed by atoms with Gasteiger partial charge >= 0.3 is 12.1 Å². The van der Waals surface area contributed by atoms with Gasteiger partial charge in [0.1, 0.15) is 5.58 Å². The van der Waals surface area contributed by atoms with Crippen LogP contribution in [0.3, 0.4) is 0 Å². The predicted molar refractivity (Wildman–Crippen MR) is 116 cm³/mol. The van der Waals surface area contributed by atoms with Crippen molar-refractivity contribution < 1.29 is 27.2 Å². The lowest BCUT2D eigenvalue weighted by Gasteiger charge is -2.12. The van der Waals surface area contributed by atoms with E-state index in [2.05, 4.69) is 16.0 Å². The molecular formula is C24H19F3N4O3. The molecule has 2 amide bonds. The fourth-order valence-electron chi connectivity index (χ4n) is 3.93. The van der Waals surface area contributed by atoms with Crippen LogP contribution in [0.1, 0.15) is 56.5 Å². The predicted octanol–water partition coefficient (Wildman–Crippen LogP) is 4.90. The zero-order chi connectivity index (χ0) is 24.0. The molecule has 0 atom stereocenters. The number of aromatic nitrogens is 2. The molecular weight excluding hydrogens is 449 g/mol. The van der Waals surface area contributed by atoms with Gasteiger partial charge in [0.25, 0.3) is 5.91 Å². The van der Waals surface area contributed by atoms with Crippen LogP contribution in [0.25, 0.3) is 16.7 Å². The van der Waals surface area contributed by atoms with E-state index in [-0.39, 0.29) is 22.9 Å². The molecule has 0 bridgehead atoms. The van der Waals surface area contributed by atoms with Crippen molar-refractivity contribution in [3.63, 3.8) is 0 Å². The fourth-order valence-corrected chi connectivity index (χ4v) is 3.93. The number of rotatable bonds is 4. The number of amides is 2. The maximum absolute atomic E-state index is 13.2. The van der Waals surface area contributed by atoms with E-state index < -0.39 is 23.6 Å². The Hall–Kier alpha value is -4.08. The number of fused-ring (bicyclic) bond motifs is 1. The van der Waals surface area contributed by atoms with Gasteiger partial charge in [-0.3, -0.25) is 20.4 Å². The van der Waals surface area contributed by atoms with E-state index in [4.69, 9.17) is 4.42 Å². The second-order valence-corrected chi connectivity index (χ2v) is 8.14. The monoisotopic (exact) mass is 468 g/mol. The Morgan fingerprint density at radius 2 is 1.79 bits per heavy atom. The third-order valence-electron chi connectivity index (χ3n) is 5.77. The van der Waals surface area contributed by atoms with Crippen LogP contribution in [0.15, 0.2) is 59.1 Å². The number of benzene rings is 2. The average molecular weight is 468 g/mol. The van der Waals surface area contributed by atoms with E-state index in [0.717, 1.165) is 30.4 Å². The van der Waals surface area contributed by atoms with E-state index in [1.165, 1.54) is 23.0 Å². The molecule has 1 fully saturated rings. The molecule has 174 valence electrons. The minimum atomic E-state index is -4.50. The minimum Gasteiger partial charge on any atom is -0.451 e. The lowest BCUT2D eigenvalue weighted by molar-refractivity contribution is -0.137. The number of aryl methyl sites for hydroxylation is 1. The topological polar surface area (TPSA) is 89.2 Å². The van der Waals surface area contributed by atoms with Crippen LogP contribution >= 0.6 is 0 Å². The number of halogens is 3. The maximum Gasteiger partial charge on any atom is 0.416 e. The summed E-state index contributed by atoms with van der Waals surface area (Å²) in [7, 11) is 0. The summed E-state index contributed by atoms with van der Waals surface area (Å²) in [4.78, 5) is 25.5. The highest BCUT2D eigenvalue weighted by Crippen LogP contribution is 2.42. The first-order valence-corrected chi connectivity index (χ1v) is 10.6. The van der Waals surface area contributed by atoms with E-state index >= 15 is 0 Å². The number of nitrogens with one attached hydrogen (secondary N) is 2. The average Bonchev–Trinajstić information content (AvgIpc) is 3.47. The third-order valence-corrected chi connectivity index (χ3v) is 5.77. The van der Waals surface area contributed by atoms with E-state index in [1.54, 1.807) is 19.1 Å². The van der Waals surface area contributed by atoms with Gasteiger partial charge in [-0.15, -0.1) is 0 Å². The van der Waals surface area contributed by atoms with Crippen molar-refractivity contribution in [1.29, 1.82) is 0 Å². The quantitative estimate of drug-likeness (QED) is 0.417. The number of para-hydroxylation sites is 1. The Labute approximate surface area is 191 Å². The Balaban J connectivity index is 1.38. The summed E-state index contributed by atoms with van der Waals surface area (Å²) >= 11 is 0. The number of carbonyl (C=O) groups is 2. The van der Waals surface area contributed by atoms with Gasteiger partial charge in [0, 0.05) is 16.9 Å². The summed E-state index contributed by atoms with van der Waals surface area (Å²) < 4.78 is 46.4. The lowest BCUT2D eigenvalue weighted by atomic mass is 10.1. The van der Waals surface area contributed by atoms with Gasteiger partial charge in [-0.1, -0.05) is 24.3 Å². The Kier molecular flexibility index (Phi) is 5.15. The van der Waals surface area contributed by atoms with Gasteiger partial charge in [-0.2, -0.15) is 18.3 Å². The van der Waals surface area contributed by atoms with Crippen molar-refractivity contribution in [3.05, 3.63) is 82.9 Å². The van der Waals surface area contributed by atoms with E-state index in [1.807, 2.05) is 12.1 Å². The number of hydrogen-bond acceptors (Lipinski definition) is 4. The minimum absolute atomic E-state index is 0.00823. The Morgan fingerprint density at radius 1 is 1.06 bits per heavy atom. The molecule has 2 N–H and O–H groups in total. The highest BCUT2D eigenvalue weighted by Gasteiger charge is 2.34. The molecule has 10 heteroatoms. The van der Waals surface area contributed by atoms with Gasteiger partial charge in [-0.25, -0.2) is 4.68 Å². The highest BCUT2D eigenvalue weighted by atomic mass is 19.4. The summed E-state index contributed by atoms with van der Waals surface area (Å²) in [6.07, 6.45) is -1.63. The number of hydrogen-bond donors (Lipinski definition) is 2. The first-order chi connectivity index (χ1) is 16.2. The SMILES string of the molecule is Cc1c(C(=O)NNC(=O)c2cnn(-c3cccc(C(F)(F)F)c3)c2C2CC2)oc2ccccc12. The van der Waals surface area contributed by atoms with Gasteiger partial charge < -0.3 is 4.42 Å². The molecule has 0 saturated heterocycles. The number of nitrogens with zero attached hydrogens (tertiary/aromatic N) is 2. The normalized spacial score (nSPS) is 13.8. The Morgan fingerprint density at radius 3 is 2.50 bits per heavy atom. The van der Waals surface area contributed by atoms with Gasteiger partial charge in [-0.05, 0) is 44.0 Å². The summed E-state index contributed by atoms with van der Waals surface area (Å²) in [6, 6.07) is 12.0. The fraction of sp³-hybridized carbons (Fsp3) is 0.208. The molecule has 34 heavy (non-hydrogen) atoms. The van der Waals surface area contributed by atoms with Gasteiger partial charge in [0.05, 0.1) is 28.7 Å². The first kappa shape index (κ1) is 21.7. The van der Waals surface area contributed by atoms with Crippen molar-refractivity contribution >= 4 is 22.8 Å². The van der Waals surface area contributed by atoms with Gasteiger partial charge in [0.2, 0.25) is 0 Å². The van der Waals surface area contributed by atoms with Crippen molar-refractivity contribution in [2.45, 2.75) is 31.9 Å². The molecule has 0 spiro atoms. The van der Waals surface area contributed by atoms with Crippen LogP contribution < -0.4 is 10.9 Å². The van der Waals surface area contributed by atoms with E-state index in [9.17, 15) is 22.8 Å². The molecule has 0 aliphatic heterocycles. The molecule has 4 aromatic rings. The standard InChI is InChI=1S/C24H19F3N4O3/c1-13-17-7-2-3-8-19(17)34-21(13)23(33)30-29-22(32)18-12-28-31(20(18)14-9-10-14)16-6-4-5-15(11-16)24(25,26)27/h2-8,11-12,14H,9-10H2,1H3,(H,29,32)(H,30,33). The molecule has 5 rings (SSSR count). The molecule has 1 saturated carbocycles. The van der Waals surface area contributed by atoms with Crippen LogP contribution in [0.4, 0.5) is 13.2 Å². The van der Waals surface area contributed by atoms with E-state index in [0.29, 0.717) is 16.8 Å². The summed E-state index contributed by atoms with van der Waals surface area (Å²) in [5.41, 5.74) is 5.98. The molecule has 2 aromatic heterocycles. The summed E-state index contributed by atoms with van der Waals surface area (Å²) in [5.74, 6) is -1.18. The maximum atomic E-state index is 13.2. The van der Waals surface area contributed by atoms with Crippen LogP contribution in [-0.2, 0) is 6.18 Å². The van der Waals surface area contributed by atoms with Crippen molar-refractivity contribution in [2.75, 3.05) is 0 Å². The number of furan rings is 1. The third kappa shape index (κ3) is 3.91. The van der Waals surface area contributed by atoms with Crippen LogP contribution in [-0.4, -0.2) is 21.6 Å². The van der Waals surface area contributed by atoms with Crippen LogP contribution in [0.2, 0.25) is 0 Å². The zero-order valence-electron chi connectivity index (χ0n) is 17.9. The number of alkyl halides is 3. The molecule has 7 nitrogen and oxygen atoms in total. The molecule has 1 aliphatic rings. The van der Waals surface area contributed by atoms with Gasteiger partial charge in [0.15, 0.2) is 5.76 Å². The molecule has 2 heterocycles. The number of carbonyl (C=O) groups excluding carboxylic acids is 2.